The molecule has 0 fully saturated rings. The third-order valence-electron chi connectivity index (χ3n) is 3.07. The Hall–Kier alpha value is -2.61. The van der Waals surface area contributed by atoms with Crippen LogP contribution < -0.4 is 10.5 Å². The van der Waals surface area contributed by atoms with Crippen LogP contribution in [-0.4, -0.2) is 13.3 Å². The number of nitro benzene ring substituents is 1. The summed E-state index contributed by atoms with van der Waals surface area (Å²) in [6.07, 6.45) is 0. The molecular formula is C14H15N3O4S. The molecule has 8 heteroatoms. The number of anilines is 2. The molecule has 22 heavy (non-hydrogen) atoms. The summed E-state index contributed by atoms with van der Waals surface area (Å²) in [7, 11) is -3.86. The number of nitrogens with two attached hydrogens (primary N) is 1. The van der Waals surface area contributed by atoms with Crippen LogP contribution in [0.2, 0.25) is 0 Å². The van der Waals surface area contributed by atoms with Gasteiger partial charge in [0.25, 0.3) is 15.7 Å². The lowest BCUT2D eigenvalue weighted by atomic mass is 10.1. The van der Waals surface area contributed by atoms with E-state index in [0.717, 1.165) is 5.56 Å². The second kappa shape index (κ2) is 5.64. The molecule has 2 rings (SSSR count). The number of aryl methyl sites for hydroxylation is 2. The van der Waals surface area contributed by atoms with E-state index in [1.165, 1.54) is 24.3 Å². The van der Waals surface area contributed by atoms with Gasteiger partial charge in [0.1, 0.15) is 5.69 Å². The summed E-state index contributed by atoms with van der Waals surface area (Å²) in [5, 5.41) is 10.9. The van der Waals surface area contributed by atoms with E-state index >= 15 is 0 Å². The van der Waals surface area contributed by atoms with Gasteiger partial charge in [-0.25, -0.2) is 8.42 Å². The highest BCUT2D eigenvalue weighted by molar-refractivity contribution is 7.92. The molecule has 2 aromatic carbocycles. The molecule has 0 bridgehead atoms. The van der Waals surface area contributed by atoms with Crippen molar-refractivity contribution in [3.63, 3.8) is 0 Å². The van der Waals surface area contributed by atoms with Crippen LogP contribution in [0, 0.1) is 24.0 Å². The number of nitro groups is 1. The number of nitrogens with one attached hydrogen (secondary N) is 1. The number of rotatable bonds is 4. The molecule has 3 N–H and O–H groups in total. The van der Waals surface area contributed by atoms with Crippen LogP contribution >= 0.6 is 0 Å². The Morgan fingerprint density at radius 2 is 1.68 bits per heavy atom. The van der Waals surface area contributed by atoms with Crippen molar-refractivity contribution in [2.24, 2.45) is 0 Å². The van der Waals surface area contributed by atoms with Crippen molar-refractivity contribution in [3.05, 3.63) is 57.6 Å². The fraction of sp³-hybridized carbons (Fsp3) is 0.143. The number of hydrogen-bond donors (Lipinski definition) is 2. The third-order valence-corrected chi connectivity index (χ3v) is 4.46. The zero-order valence-corrected chi connectivity index (χ0v) is 12.8. The Morgan fingerprint density at radius 3 is 2.23 bits per heavy atom. The summed E-state index contributed by atoms with van der Waals surface area (Å²) < 4.78 is 26.9. The molecule has 2 aromatic rings. The smallest absolute Gasteiger partial charge is 0.294 e. The van der Waals surface area contributed by atoms with E-state index in [1.54, 1.807) is 19.1 Å². The maximum Gasteiger partial charge on any atom is 0.294 e. The maximum atomic E-state index is 12.3. The van der Waals surface area contributed by atoms with Gasteiger partial charge in [-0.3, -0.25) is 14.8 Å². The van der Waals surface area contributed by atoms with Crippen LogP contribution in [0.1, 0.15) is 11.1 Å². The largest absolute Gasteiger partial charge is 0.391 e. The van der Waals surface area contributed by atoms with Crippen LogP contribution in [0.25, 0.3) is 0 Å². The molecule has 7 nitrogen and oxygen atoms in total. The molecule has 0 unspecified atom stereocenters. The second-order valence-corrected chi connectivity index (χ2v) is 6.60. The first-order chi connectivity index (χ1) is 10.2. The van der Waals surface area contributed by atoms with E-state index in [1.807, 2.05) is 6.92 Å². The van der Waals surface area contributed by atoms with Crippen LogP contribution in [0.3, 0.4) is 0 Å². The summed E-state index contributed by atoms with van der Waals surface area (Å²) in [5.74, 6) is 0. The minimum absolute atomic E-state index is 0.00715. The normalized spacial score (nSPS) is 11.2. The Balaban J connectivity index is 2.46. The standard InChI is InChI=1S/C14H15N3O4S/c1-9-3-5-11(6-4-9)22(20,21)16-12-7-10(2)8-13(14(12)15)17(18)19/h3-8,16H,15H2,1-2H3. The summed E-state index contributed by atoms with van der Waals surface area (Å²) in [4.78, 5) is 10.4. The average Bonchev–Trinajstić information content (AvgIpc) is 2.42. The molecule has 0 saturated carbocycles. The predicted molar refractivity (Wildman–Crippen MR) is 84.2 cm³/mol. The number of nitrogen functional groups attached to an aromatic ring is 1. The summed E-state index contributed by atoms with van der Waals surface area (Å²) in [6, 6.07) is 8.98. The molecule has 0 heterocycles. The summed E-state index contributed by atoms with van der Waals surface area (Å²) in [6.45, 7) is 3.46. The quantitative estimate of drug-likeness (QED) is 0.510. The number of nitrogens with zero attached hydrogens (tertiary/aromatic N) is 1. The highest BCUT2D eigenvalue weighted by Gasteiger charge is 2.21. The van der Waals surface area contributed by atoms with Gasteiger partial charge in [0.15, 0.2) is 0 Å². The Morgan fingerprint density at radius 1 is 1.09 bits per heavy atom. The molecule has 0 amide bonds. The molecule has 0 radical (unpaired) electrons. The monoisotopic (exact) mass is 321 g/mol. The minimum atomic E-state index is -3.86. The van der Waals surface area contributed by atoms with Gasteiger partial charge in [-0.1, -0.05) is 17.7 Å². The van der Waals surface area contributed by atoms with Crippen LogP contribution in [0.15, 0.2) is 41.3 Å². The molecule has 0 spiro atoms. The first kappa shape index (κ1) is 15.8. The first-order valence-corrected chi connectivity index (χ1v) is 7.83. The Kier molecular flexibility index (Phi) is 4.05. The van der Waals surface area contributed by atoms with Crippen LogP contribution in [-0.2, 0) is 10.0 Å². The summed E-state index contributed by atoms with van der Waals surface area (Å²) in [5.41, 5.74) is 6.59. The minimum Gasteiger partial charge on any atom is -0.391 e. The van der Waals surface area contributed by atoms with Crippen molar-refractivity contribution in [1.82, 2.24) is 0 Å². The number of sulfonamides is 1. The summed E-state index contributed by atoms with van der Waals surface area (Å²) >= 11 is 0. The lowest BCUT2D eigenvalue weighted by Gasteiger charge is -2.11. The molecule has 0 atom stereocenters. The zero-order chi connectivity index (χ0) is 16.5. The maximum absolute atomic E-state index is 12.3. The van der Waals surface area contributed by atoms with Gasteiger partial charge in [0, 0.05) is 6.07 Å². The fourth-order valence-corrected chi connectivity index (χ4v) is 3.01. The van der Waals surface area contributed by atoms with Gasteiger partial charge in [-0.05, 0) is 37.6 Å². The number of hydrogen-bond acceptors (Lipinski definition) is 5. The topological polar surface area (TPSA) is 115 Å². The lowest BCUT2D eigenvalue weighted by Crippen LogP contribution is -2.15. The van der Waals surface area contributed by atoms with E-state index < -0.39 is 14.9 Å². The van der Waals surface area contributed by atoms with Crippen molar-refractivity contribution >= 4 is 27.1 Å². The molecule has 0 aliphatic carbocycles. The van der Waals surface area contributed by atoms with Gasteiger partial charge < -0.3 is 5.73 Å². The molecule has 116 valence electrons. The van der Waals surface area contributed by atoms with Gasteiger partial charge in [0.2, 0.25) is 0 Å². The number of benzene rings is 2. The van der Waals surface area contributed by atoms with E-state index in [-0.39, 0.29) is 22.0 Å². The predicted octanol–water partition coefficient (Wildman–Crippen LogP) is 2.59. The first-order valence-electron chi connectivity index (χ1n) is 6.35. The van der Waals surface area contributed by atoms with E-state index in [9.17, 15) is 18.5 Å². The van der Waals surface area contributed by atoms with Crippen LogP contribution in [0.5, 0.6) is 0 Å². The molecule has 0 aliphatic heterocycles. The van der Waals surface area contributed by atoms with Crippen molar-refractivity contribution < 1.29 is 13.3 Å². The van der Waals surface area contributed by atoms with Gasteiger partial charge >= 0.3 is 0 Å². The van der Waals surface area contributed by atoms with Crippen molar-refractivity contribution in [2.45, 2.75) is 18.7 Å². The second-order valence-electron chi connectivity index (χ2n) is 4.92. The van der Waals surface area contributed by atoms with Crippen LogP contribution in [0.4, 0.5) is 17.1 Å². The van der Waals surface area contributed by atoms with Gasteiger partial charge in [-0.15, -0.1) is 0 Å². The van der Waals surface area contributed by atoms with Crippen molar-refractivity contribution in [1.29, 1.82) is 0 Å². The van der Waals surface area contributed by atoms with E-state index in [0.29, 0.717) is 5.56 Å². The molecule has 0 saturated heterocycles. The highest BCUT2D eigenvalue weighted by Crippen LogP contribution is 2.32. The van der Waals surface area contributed by atoms with E-state index in [2.05, 4.69) is 4.72 Å². The molecule has 0 aliphatic rings. The van der Waals surface area contributed by atoms with Crippen molar-refractivity contribution in [2.75, 3.05) is 10.5 Å². The van der Waals surface area contributed by atoms with Crippen molar-refractivity contribution in [3.8, 4) is 0 Å². The zero-order valence-electron chi connectivity index (χ0n) is 12.0. The third kappa shape index (κ3) is 3.17. The highest BCUT2D eigenvalue weighted by atomic mass is 32.2. The fourth-order valence-electron chi connectivity index (χ4n) is 1.94. The molecule has 0 aromatic heterocycles. The molecular weight excluding hydrogens is 306 g/mol. The SMILES string of the molecule is Cc1ccc(S(=O)(=O)Nc2cc(C)cc([N+](=O)[O-])c2N)cc1. The lowest BCUT2D eigenvalue weighted by molar-refractivity contribution is -0.383. The van der Waals surface area contributed by atoms with E-state index in [4.69, 9.17) is 5.73 Å². The average molecular weight is 321 g/mol. The Labute approximate surface area is 128 Å². The van der Waals surface area contributed by atoms with Gasteiger partial charge in [-0.2, -0.15) is 0 Å². The van der Waals surface area contributed by atoms with Gasteiger partial charge in [0.05, 0.1) is 15.5 Å². The Bertz CT molecular complexity index is 830.